The molecule has 2 rings (SSSR count). The monoisotopic (exact) mass is 245 g/mol. The fourth-order valence-electron chi connectivity index (χ4n) is 2.03. The van der Waals surface area contributed by atoms with Gasteiger partial charge >= 0.3 is 6.09 Å². The molecule has 1 atom stereocenters. The average Bonchev–Trinajstić information content (AvgIpc) is 2.55. The Morgan fingerprint density at radius 2 is 2.18 bits per heavy atom. The molecule has 92 valence electrons. The van der Waals surface area contributed by atoms with Crippen LogP contribution in [-0.2, 0) is 0 Å². The molecule has 0 radical (unpaired) electrons. The van der Waals surface area contributed by atoms with Crippen LogP contribution in [-0.4, -0.2) is 28.6 Å². The summed E-state index contributed by atoms with van der Waals surface area (Å²) in [6.07, 6.45) is -2.03. The second-order valence-electron chi connectivity index (χ2n) is 4.04. The molecule has 1 heterocycles. The van der Waals surface area contributed by atoms with Crippen LogP contribution >= 0.6 is 0 Å². The van der Waals surface area contributed by atoms with Gasteiger partial charge in [-0.15, -0.1) is 0 Å². The lowest BCUT2D eigenvalue weighted by Crippen LogP contribution is -2.31. The van der Waals surface area contributed by atoms with Crippen molar-refractivity contribution in [3.05, 3.63) is 35.6 Å². The number of hydrogen-bond acceptors (Lipinski definition) is 1. The lowest BCUT2D eigenvalue weighted by molar-refractivity contribution is 0.0126. The van der Waals surface area contributed by atoms with E-state index in [1.54, 1.807) is 0 Å². The molecule has 1 aromatic carbocycles. The third-order valence-electron chi connectivity index (χ3n) is 2.75. The van der Waals surface area contributed by atoms with Gasteiger partial charge in [0.05, 0.1) is 12.6 Å². The van der Waals surface area contributed by atoms with E-state index in [4.69, 9.17) is 5.11 Å². The number of halogens is 3. The summed E-state index contributed by atoms with van der Waals surface area (Å²) in [4.78, 5) is 11.5. The fourth-order valence-corrected chi connectivity index (χ4v) is 2.03. The van der Waals surface area contributed by atoms with Crippen molar-refractivity contribution in [1.29, 1.82) is 0 Å². The topological polar surface area (TPSA) is 40.5 Å². The number of benzene rings is 1. The van der Waals surface area contributed by atoms with Crippen LogP contribution in [0.5, 0.6) is 0 Å². The molecule has 0 aromatic heterocycles. The van der Waals surface area contributed by atoms with E-state index < -0.39 is 36.8 Å². The molecule has 0 bridgehead atoms. The zero-order valence-corrected chi connectivity index (χ0v) is 8.74. The van der Waals surface area contributed by atoms with Gasteiger partial charge in [-0.1, -0.05) is 12.1 Å². The molecular formula is C11H10F3NO2. The maximum absolute atomic E-state index is 13.2. The number of carboxylic acid groups (broad SMARTS) is 1. The number of alkyl halides is 2. The summed E-state index contributed by atoms with van der Waals surface area (Å²) >= 11 is 0. The summed E-state index contributed by atoms with van der Waals surface area (Å²) < 4.78 is 39.4. The smallest absolute Gasteiger partial charge is 0.408 e. The summed E-state index contributed by atoms with van der Waals surface area (Å²) in [5.41, 5.74) is 0.254. The maximum Gasteiger partial charge on any atom is 0.408 e. The van der Waals surface area contributed by atoms with Gasteiger partial charge in [0.1, 0.15) is 5.82 Å². The highest BCUT2D eigenvalue weighted by atomic mass is 19.3. The number of carbonyl (C=O) groups is 1. The molecule has 0 saturated carbocycles. The summed E-state index contributed by atoms with van der Waals surface area (Å²) in [5.74, 6) is -3.63. The van der Waals surface area contributed by atoms with E-state index >= 15 is 0 Å². The van der Waals surface area contributed by atoms with E-state index in [1.807, 2.05) is 0 Å². The SMILES string of the molecule is O=C(O)N1CC(F)(F)C[C@@H]1c1cccc(F)c1. The molecule has 0 aliphatic carbocycles. The van der Waals surface area contributed by atoms with Crippen LogP contribution in [0, 0.1) is 5.82 Å². The van der Waals surface area contributed by atoms with Gasteiger partial charge in [0.25, 0.3) is 5.92 Å². The Labute approximate surface area is 95.5 Å². The molecule has 1 aromatic rings. The number of amides is 1. The predicted molar refractivity (Wildman–Crippen MR) is 53.4 cm³/mol. The molecular weight excluding hydrogens is 235 g/mol. The number of hydrogen-bond donors (Lipinski definition) is 1. The van der Waals surface area contributed by atoms with E-state index in [-0.39, 0.29) is 5.56 Å². The maximum atomic E-state index is 13.2. The highest BCUT2D eigenvalue weighted by molar-refractivity contribution is 5.66. The van der Waals surface area contributed by atoms with E-state index in [2.05, 4.69) is 0 Å². The number of nitrogens with zero attached hydrogens (tertiary/aromatic N) is 1. The van der Waals surface area contributed by atoms with Crippen LogP contribution in [0.1, 0.15) is 18.0 Å². The Kier molecular flexibility index (Phi) is 2.73. The van der Waals surface area contributed by atoms with Gasteiger partial charge in [0.2, 0.25) is 0 Å². The summed E-state index contributed by atoms with van der Waals surface area (Å²) in [5, 5.41) is 8.85. The Bertz CT molecular complexity index is 450. The number of likely N-dealkylation sites (tertiary alicyclic amines) is 1. The summed E-state index contributed by atoms with van der Waals surface area (Å²) in [6.45, 7) is -0.844. The van der Waals surface area contributed by atoms with Gasteiger partial charge in [-0.25, -0.2) is 18.0 Å². The first kappa shape index (κ1) is 11.8. The molecule has 3 nitrogen and oxygen atoms in total. The summed E-state index contributed by atoms with van der Waals surface area (Å²) in [7, 11) is 0. The zero-order valence-electron chi connectivity index (χ0n) is 8.74. The summed E-state index contributed by atoms with van der Waals surface area (Å²) in [6, 6.07) is 4.11. The van der Waals surface area contributed by atoms with Gasteiger partial charge < -0.3 is 5.11 Å². The van der Waals surface area contributed by atoms with Crippen LogP contribution in [0.25, 0.3) is 0 Å². The Morgan fingerprint density at radius 1 is 1.47 bits per heavy atom. The molecule has 1 aliphatic heterocycles. The molecule has 17 heavy (non-hydrogen) atoms. The first-order chi connectivity index (χ1) is 7.89. The van der Waals surface area contributed by atoms with E-state index in [0.29, 0.717) is 4.90 Å². The minimum atomic E-state index is -3.06. The van der Waals surface area contributed by atoms with E-state index in [9.17, 15) is 18.0 Å². The fraction of sp³-hybridized carbons (Fsp3) is 0.364. The molecule has 1 N–H and O–H groups in total. The normalized spacial score (nSPS) is 22.8. The second kappa shape index (κ2) is 3.94. The first-order valence-corrected chi connectivity index (χ1v) is 5.02. The van der Waals surface area contributed by atoms with Crippen LogP contribution in [0.2, 0.25) is 0 Å². The van der Waals surface area contributed by atoms with Crippen molar-refractivity contribution in [2.75, 3.05) is 6.54 Å². The first-order valence-electron chi connectivity index (χ1n) is 5.02. The van der Waals surface area contributed by atoms with E-state index in [0.717, 1.165) is 6.07 Å². The van der Waals surface area contributed by atoms with Crippen LogP contribution in [0.4, 0.5) is 18.0 Å². The highest BCUT2D eigenvalue weighted by Crippen LogP contribution is 2.40. The predicted octanol–water partition coefficient (Wildman–Crippen LogP) is 2.89. The Balaban J connectivity index is 2.33. The quantitative estimate of drug-likeness (QED) is 0.826. The largest absolute Gasteiger partial charge is 0.465 e. The molecule has 0 spiro atoms. The third kappa shape index (κ3) is 2.35. The minimum Gasteiger partial charge on any atom is -0.465 e. The zero-order chi connectivity index (χ0) is 12.6. The van der Waals surface area contributed by atoms with Crippen molar-refractivity contribution in [2.24, 2.45) is 0 Å². The molecule has 1 amide bonds. The van der Waals surface area contributed by atoms with Crippen molar-refractivity contribution in [1.82, 2.24) is 4.90 Å². The van der Waals surface area contributed by atoms with Crippen molar-refractivity contribution < 1.29 is 23.1 Å². The lowest BCUT2D eigenvalue weighted by Gasteiger charge is -2.20. The Hall–Kier alpha value is -1.72. The van der Waals surface area contributed by atoms with Crippen molar-refractivity contribution in [3.63, 3.8) is 0 Å². The van der Waals surface area contributed by atoms with Gasteiger partial charge in [-0.3, -0.25) is 4.90 Å². The molecule has 6 heteroatoms. The van der Waals surface area contributed by atoms with Crippen LogP contribution in [0.3, 0.4) is 0 Å². The Morgan fingerprint density at radius 3 is 2.76 bits per heavy atom. The van der Waals surface area contributed by atoms with Gasteiger partial charge in [-0.2, -0.15) is 0 Å². The van der Waals surface area contributed by atoms with Gasteiger partial charge in [0, 0.05) is 6.42 Å². The number of rotatable bonds is 1. The van der Waals surface area contributed by atoms with E-state index in [1.165, 1.54) is 18.2 Å². The second-order valence-corrected chi connectivity index (χ2v) is 4.04. The van der Waals surface area contributed by atoms with Crippen molar-refractivity contribution >= 4 is 6.09 Å². The molecule has 1 aliphatic rings. The highest BCUT2D eigenvalue weighted by Gasteiger charge is 2.47. The van der Waals surface area contributed by atoms with Crippen molar-refractivity contribution in [3.8, 4) is 0 Å². The molecule has 1 saturated heterocycles. The van der Waals surface area contributed by atoms with Crippen molar-refractivity contribution in [2.45, 2.75) is 18.4 Å². The van der Waals surface area contributed by atoms with Crippen LogP contribution in [0.15, 0.2) is 24.3 Å². The van der Waals surface area contributed by atoms with Gasteiger partial charge in [-0.05, 0) is 17.7 Å². The third-order valence-corrected chi connectivity index (χ3v) is 2.75. The molecule has 1 fully saturated rings. The lowest BCUT2D eigenvalue weighted by atomic mass is 10.0. The standard InChI is InChI=1S/C11H10F3NO2/c12-8-3-1-2-7(4-8)9-5-11(13,14)6-15(9)10(16)17/h1-4,9H,5-6H2,(H,16,17)/t9-/m1/s1. The average molecular weight is 245 g/mol. The molecule has 0 unspecified atom stereocenters. The van der Waals surface area contributed by atoms with Gasteiger partial charge in [0.15, 0.2) is 0 Å². The van der Waals surface area contributed by atoms with Crippen LogP contribution < -0.4 is 0 Å². The minimum absolute atomic E-state index is 0.254.